The monoisotopic (exact) mass is 314 g/mol. The molecule has 1 aliphatic rings. The highest BCUT2D eigenvalue weighted by molar-refractivity contribution is 9.10. The molecule has 100 valence electrons. The summed E-state index contributed by atoms with van der Waals surface area (Å²) >= 11 is 3.42. The number of anilines is 1. The van der Waals surface area contributed by atoms with E-state index < -0.39 is 0 Å². The van der Waals surface area contributed by atoms with Crippen molar-refractivity contribution in [1.82, 2.24) is 4.90 Å². The number of nitrogen functional groups attached to an aromatic ring is 1. The Hall–Kier alpha value is -0.780. The Morgan fingerprint density at radius 1 is 1.39 bits per heavy atom. The summed E-state index contributed by atoms with van der Waals surface area (Å²) in [5.41, 5.74) is 7.70. The summed E-state index contributed by atoms with van der Waals surface area (Å²) in [6.45, 7) is 7.19. The van der Waals surface area contributed by atoms with Gasteiger partial charge >= 0.3 is 0 Å². The van der Waals surface area contributed by atoms with Gasteiger partial charge in [0.2, 0.25) is 0 Å². The van der Waals surface area contributed by atoms with Crippen molar-refractivity contribution in [2.45, 2.75) is 6.92 Å². The number of morpholine rings is 1. The van der Waals surface area contributed by atoms with E-state index in [9.17, 15) is 0 Å². The molecule has 1 saturated heterocycles. The number of benzene rings is 1. The first kappa shape index (κ1) is 13.6. The first-order chi connectivity index (χ1) is 8.66. The molecule has 1 aromatic rings. The summed E-state index contributed by atoms with van der Waals surface area (Å²) in [6, 6.07) is 3.89. The summed E-state index contributed by atoms with van der Waals surface area (Å²) in [4.78, 5) is 2.34. The van der Waals surface area contributed by atoms with E-state index in [-0.39, 0.29) is 0 Å². The molecular weight excluding hydrogens is 296 g/mol. The van der Waals surface area contributed by atoms with Gasteiger partial charge in [0, 0.05) is 24.1 Å². The number of rotatable bonds is 4. The van der Waals surface area contributed by atoms with E-state index in [0.717, 1.165) is 48.6 Å². The Bertz CT molecular complexity index is 383. The van der Waals surface area contributed by atoms with Crippen molar-refractivity contribution in [3.05, 3.63) is 22.2 Å². The topological polar surface area (TPSA) is 47.7 Å². The lowest BCUT2D eigenvalue weighted by molar-refractivity contribution is 0.0322. The average molecular weight is 315 g/mol. The van der Waals surface area contributed by atoms with Crippen LogP contribution < -0.4 is 10.5 Å². The van der Waals surface area contributed by atoms with Gasteiger partial charge in [-0.1, -0.05) is 15.9 Å². The van der Waals surface area contributed by atoms with Crippen molar-refractivity contribution in [2.24, 2.45) is 0 Å². The highest BCUT2D eigenvalue weighted by atomic mass is 79.9. The van der Waals surface area contributed by atoms with Crippen LogP contribution in [0.3, 0.4) is 0 Å². The number of halogens is 1. The van der Waals surface area contributed by atoms with Gasteiger partial charge in [0.1, 0.15) is 12.4 Å². The van der Waals surface area contributed by atoms with E-state index in [0.29, 0.717) is 12.3 Å². The Morgan fingerprint density at radius 2 is 2.11 bits per heavy atom. The van der Waals surface area contributed by atoms with Gasteiger partial charge in [-0.25, -0.2) is 0 Å². The predicted octanol–water partition coefficient (Wildman–Crippen LogP) is 2.05. The summed E-state index contributed by atoms with van der Waals surface area (Å²) in [7, 11) is 0. The molecule has 2 N–H and O–H groups in total. The van der Waals surface area contributed by atoms with Crippen molar-refractivity contribution < 1.29 is 9.47 Å². The Kier molecular flexibility index (Phi) is 4.86. The van der Waals surface area contributed by atoms with E-state index in [1.165, 1.54) is 0 Å². The fourth-order valence-electron chi connectivity index (χ4n) is 2.05. The standard InChI is InChI=1S/C13H19BrN2O2/c1-10-8-11(14)9-12(15)13(10)18-7-4-16-2-5-17-6-3-16/h8-9H,2-7,15H2,1H3. The lowest BCUT2D eigenvalue weighted by atomic mass is 10.2. The molecule has 1 fully saturated rings. The molecule has 0 spiro atoms. The summed E-state index contributed by atoms with van der Waals surface area (Å²) in [5, 5.41) is 0. The molecule has 0 saturated carbocycles. The number of hydrogen-bond acceptors (Lipinski definition) is 4. The number of aryl methyl sites for hydroxylation is 1. The van der Waals surface area contributed by atoms with Crippen molar-refractivity contribution in [3.63, 3.8) is 0 Å². The van der Waals surface area contributed by atoms with Crippen LogP contribution in [0.25, 0.3) is 0 Å². The fraction of sp³-hybridized carbons (Fsp3) is 0.538. The largest absolute Gasteiger partial charge is 0.490 e. The molecule has 0 bridgehead atoms. The Morgan fingerprint density at radius 3 is 2.78 bits per heavy atom. The van der Waals surface area contributed by atoms with Crippen LogP contribution in [0.15, 0.2) is 16.6 Å². The molecule has 1 aromatic carbocycles. The van der Waals surface area contributed by atoms with Gasteiger partial charge in [0.15, 0.2) is 0 Å². The van der Waals surface area contributed by atoms with E-state index in [2.05, 4.69) is 20.8 Å². The first-order valence-electron chi connectivity index (χ1n) is 6.15. The molecule has 0 unspecified atom stereocenters. The van der Waals surface area contributed by atoms with Crippen molar-refractivity contribution in [3.8, 4) is 5.75 Å². The molecular formula is C13H19BrN2O2. The first-order valence-corrected chi connectivity index (χ1v) is 6.94. The molecule has 0 aromatic heterocycles. The van der Waals surface area contributed by atoms with Gasteiger partial charge in [-0.05, 0) is 24.6 Å². The molecule has 4 nitrogen and oxygen atoms in total. The lowest BCUT2D eigenvalue weighted by Crippen LogP contribution is -2.38. The van der Waals surface area contributed by atoms with Gasteiger partial charge < -0.3 is 15.2 Å². The third kappa shape index (κ3) is 3.60. The summed E-state index contributed by atoms with van der Waals surface area (Å²) < 4.78 is 12.1. The quantitative estimate of drug-likeness (QED) is 0.864. The van der Waals surface area contributed by atoms with Gasteiger partial charge in [-0.15, -0.1) is 0 Å². The third-order valence-electron chi connectivity index (χ3n) is 3.03. The normalized spacial score (nSPS) is 16.8. The van der Waals surface area contributed by atoms with Gasteiger partial charge in [-0.3, -0.25) is 4.90 Å². The Balaban J connectivity index is 1.86. The highest BCUT2D eigenvalue weighted by Gasteiger charge is 2.11. The van der Waals surface area contributed by atoms with Crippen LogP contribution in [-0.2, 0) is 4.74 Å². The van der Waals surface area contributed by atoms with E-state index >= 15 is 0 Å². The zero-order chi connectivity index (χ0) is 13.0. The average Bonchev–Trinajstić information content (AvgIpc) is 2.34. The molecule has 18 heavy (non-hydrogen) atoms. The van der Waals surface area contributed by atoms with Gasteiger partial charge in [0.05, 0.1) is 18.9 Å². The second-order valence-electron chi connectivity index (χ2n) is 4.44. The minimum Gasteiger partial charge on any atom is -0.490 e. The third-order valence-corrected chi connectivity index (χ3v) is 3.48. The fourth-order valence-corrected chi connectivity index (χ4v) is 2.64. The van der Waals surface area contributed by atoms with Crippen LogP contribution in [0.4, 0.5) is 5.69 Å². The van der Waals surface area contributed by atoms with E-state index in [1.807, 2.05) is 19.1 Å². The molecule has 5 heteroatoms. The van der Waals surface area contributed by atoms with Crippen LogP contribution in [0.1, 0.15) is 5.56 Å². The molecule has 0 atom stereocenters. The van der Waals surface area contributed by atoms with Crippen molar-refractivity contribution >= 4 is 21.6 Å². The second kappa shape index (κ2) is 6.41. The number of hydrogen-bond donors (Lipinski definition) is 1. The molecule has 2 rings (SSSR count). The summed E-state index contributed by atoms with van der Waals surface area (Å²) in [5.74, 6) is 0.798. The zero-order valence-corrected chi connectivity index (χ0v) is 12.2. The highest BCUT2D eigenvalue weighted by Crippen LogP contribution is 2.29. The molecule has 0 amide bonds. The van der Waals surface area contributed by atoms with Gasteiger partial charge in [0.25, 0.3) is 0 Å². The zero-order valence-electron chi connectivity index (χ0n) is 10.6. The maximum Gasteiger partial charge on any atom is 0.145 e. The minimum absolute atomic E-state index is 0.659. The predicted molar refractivity (Wildman–Crippen MR) is 76.0 cm³/mol. The van der Waals surface area contributed by atoms with Crippen LogP contribution in [0.5, 0.6) is 5.75 Å². The summed E-state index contributed by atoms with van der Waals surface area (Å²) in [6.07, 6.45) is 0. The van der Waals surface area contributed by atoms with E-state index in [4.69, 9.17) is 15.2 Å². The van der Waals surface area contributed by atoms with Crippen molar-refractivity contribution in [2.75, 3.05) is 45.2 Å². The van der Waals surface area contributed by atoms with Crippen LogP contribution in [0, 0.1) is 6.92 Å². The SMILES string of the molecule is Cc1cc(Br)cc(N)c1OCCN1CCOCC1. The molecule has 1 aliphatic heterocycles. The molecule has 0 aliphatic carbocycles. The van der Waals surface area contributed by atoms with Crippen molar-refractivity contribution in [1.29, 1.82) is 0 Å². The number of nitrogens with two attached hydrogens (primary N) is 1. The number of nitrogens with zero attached hydrogens (tertiary/aromatic N) is 1. The maximum atomic E-state index is 5.95. The maximum absolute atomic E-state index is 5.95. The van der Waals surface area contributed by atoms with Crippen LogP contribution in [-0.4, -0.2) is 44.4 Å². The molecule has 1 heterocycles. The molecule has 0 radical (unpaired) electrons. The van der Waals surface area contributed by atoms with Gasteiger partial charge in [-0.2, -0.15) is 0 Å². The Labute approximate surface area is 116 Å². The minimum atomic E-state index is 0.659. The second-order valence-corrected chi connectivity index (χ2v) is 5.36. The van der Waals surface area contributed by atoms with E-state index in [1.54, 1.807) is 0 Å². The number of ether oxygens (including phenoxy) is 2. The lowest BCUT2D eigenvalue weighted by Gasteiger charge is -2.26. The smallest absolute Gasteiger partial charge is 0.145 e. The van der Waals surface area contributed by atoms with Crippen LogP contribution in [0.2, 0.25) is 0 Å². The van der Waals surface area contributed by atoms with Crippen LogP contribution >= 0.6 is 15.9 Å².